The number of alkyl halides is 3. The van der Waals surface area contributed by atoms with Gasteiger partial charge in [-0.05, 0) is 6.07 Å². The van der Waals surface area contributed by atoms with Gasteiger partial charge in [-0.1, -0.05) is 0 Å². The van der Waals surface area contributed by atoms with Crippen molar-refractivity contribution in [2.45, 2.75) is 12.6 Å². The summed E-state index contributed by atoms with van der Waals surface area (Å²) in [5.74, 6) is -3.53. The van der Waals surface area contributed by atoms with Gasteiger partial charge in [-0.25, -0.2) is 9.97 Å². The molecule has 80 valence electrons. The molecule has 1 aromatic heterocycles. The Balaban J connectivity index is 2.70. The van der Waals surface area contributed by atoms with Crippen LogP contribution in [0.1, 0.15) is 17.0 Å². The van der Waals surface area contributed by atoms with E-state index >= 15 is 0 Å². The molecule has 0 atom stereocenters. The zero-order chi connectivity index (χ0) is 11.5. The molecule has 0 aliphatic heterocycles. The molecule has 0 aliphatic rings. The van der Waals surface area contributed by atoms with Gasteiger partial charge in [-0.3, -0.25) is 9.59 Å². The van der Waals surface area contributed by atoms with Crippen LogP contribution < -0.4 is 0 Å². The van der Waals surface area contributed by atoms with Gasteiger partial charge in [0, 0.05) is 12.4 Å². The highest BCUT2D eigenvalue weighted by Gasteiger charge is 2.39. The number of halogens is 3. The van der Waals surface area contributed by atoms with Gasteiger partial charge >= 0.3 is 6.18 Å². The molecule has 4 nitrogen and oxygen atoms in total. The highest BCUT2D eigenvalue weighted by Crippen LogP contribution is 2.18. The lowest BCUT2D eigenvalue weighted by Crippen LogP contribution is -2.25. The molecule has 1 aromatic rings. The Hall–Kier alpha value is -1.79. The van der Waals surface area contributed by atoms with E-state index in [1.165, 1.54) is 18.5 Å². The molecule has 0 N–H and O–H groups in total. The van der Waals surface area contributed by atoms with Gasteiger partial charge in [-0.15, -0.1) is 0 Å². The highest BCUT2D eigenvalue weighted by molar-refractivity contribution is 6.07. The average molecular weight is 218 g/mol. The molecule has 7 heteroatoms. The maximum Gasteiger partial charge on any atom is 0.450 e. The van der Waals surface area contributed by atoms with Crippen LogP contribution in [0.4, 0.5) is 13.2 Å². The fourth-order valence-electron chi connectivity index (χ4n) is 0.768. The van der Waals surface area contributed by atoms with Crippen LogP contribution in [0, 0.1) is 0 Å². The summed E-state index contributed by atoms with van der Waals surface area (Å²) < 4.78 is 35.3. The quantitative estimate of drug-likeness (QED) is 0.564. The molecule has 0 saturated carbocycles. The first-order chi connectivity index (χ1) is 6.91. The summed E-state index contributed by atoms with van der Waals surface area (Å²) in [5, 5.41) is 0. The summed E-state index contributed by atoms with van der Waals surface area (Å²) in [6.45, 7) is 0. The number of ketones is 2. The van der Waals surface area contributed by atoms with Gasteiger partial charge in [0.15, 0.2) is 5.82 Å². The largest absolute Gasteiger partial charge is 0.450 e. The number of hydrogen-bond donors (Lipinski definition) is 0. The van der Waals surface area contributed by atoms with E-state index in [4.69, 9.17) is 0 Å². The molecule has 0 spiro atoms. The summed E-state index contributed by atoms with van der Waals surface area (Å²) in [6.07, 6.45) is -3.84. The normalized spacial score (nSPS) is 11.1. The lowest BCUT2D eigenvalue weighted by atomic mass is 10.2. The molecule has 1 rings (SSSR count). The van der Waals surface area contributed by atoms with Gasteiger partial charge in [0.2, 0.25) is 11.6 Å². The summed E-state index contributed by atoms with van der Waals surface area (Å²) in [7, 11) is 0. The molecule has 0 fully saturated rings. The standard InChI is InChI=1S/C8H5F3N2O2/c9-8(10,11)6(15)4-5(14)7-12-2-1-3-13-7/h1-3H,4H2. The van der Waals surface area contributed by atoms with Gasteiger partial charge in [0.1, 0.15) is 0 Å². The Morgan fingerprint density at radius 1 is 1.20 bits per heavy atom. The highest BCUT2D eigenvalue weighted by atomic mass is 19.4. The number of hydrogen-bond acceptors (Lipinski definition) is 4. The van der Waals surface area contributed by atoms with Crippen molar-refractivity contribution >= 4 is 11.6 Å². The lowest BCUT2D eigenvalue weighted by Gasteiger charge is -2.02. The van der Waals surface area contributed by atoms with E-state index in [1.54, 1.807) is 0 Å². The van der Waals surface area contributed by atoms with Crippen LogP contribution in [0.5, 0.6) is 0 Å². The second kappa shape index (κ2) is 4.16. The number of carbonyl (C=O) groups excluding carboxylic acids is 2. The second-order valence-corrected chi connectivity index (χ2v) is 2.59. The molecule has 0 bridgehead atoms. The third-order valence-electron chi connectivity index (χ3n) is 1.45. The third kappa shape index (κ3) is 3.12. The van der Waals surface area contributed by atoms with Gasteiger partial charge in [0.05, 0.1) is 6.42 Å². The van der Waals surface area contributed by atoms with Gasteiger partial charge in [0.25, 0.3) is 0 Å². The van der Waals surface area contributed by atoms with Crippen LogP contribution in [0.2, 0.25) is 0 Å². The topological polar surface area (TPSA) is 59.9 Å². The van der Waals surface area contributed by atoms with E-state index in [2.05, 4.69) is 9.97 Å². The Morgan fingerprint density at radius 3 is 2.20 bits per heavy atom. The van der Waals surface area contributed by atoms with Crippen molar-refractivity contribution in [1.82, 2.24) is 9.97 Å². The monoisotopic (exact) mass is 218 g/mol. The summed E-state index contributed by atoms with van der Waals surface area (Å²) >= 11 is 0. The van der Waals surface area contributed by atoms with E-state index in [-0.39, 0.29) is 0 Å². The predicted octanol–water partition coefficient (Wildman–Crippen LogP) is 1.18. The van der Waals surface area contributed by atoms with E-state index in [9.17, 15) is 22.8 Å². The van der Waals surface area contributed by atoms with E-state index in [0.29, 0.717) is 0 Å². The Kier molecular flexibility index (Phi) is 3.13. The van der Waals surface area contributed by atoms with Crippen LogP contribution in [0.25, 0.3) is 0 Å². The number of rotatable bonds is 3. The van der Waals surface area contributed by atoms with Crippen LogP contribution in [-0.2, 0) is 4.79 Å². The predicted molar refractivity (Wildman–Crippen MR) is 42.0 cm³/mol. The van der Waals surface area contributed by atoms with E-state index in [1.807, 2.05) is 0 Å². The molecule has 0 saturated heterocycles. The van der Waals surface area contributed by atoms with E-state index in [0.717, 1.165) is 0 Å². The SMILES string of the molecule is O=C(CC(=O)C(F)(F)F)c1ncccn1. The first-order valence-corrected chi connectivity index (χ1v) is 3.81. The van der Waals surface area contributed by atoms with Crippen molar-refractivity contribution in [1.29, 1.82) is 0 Å². The molecule has 0 unspecified atom stereocenters. The molecule has 0 aliphatic carbocycles. The van der Waals surface area contributed by atoms with Crippen LogP contribution in [0.15, 0.2) is 18.5 Å². The zero-order valence-corrected chi connectivity index (χ0v) is 7.28. The average Bonchev–Trinajstić information content (AvgIpc) is 2.17. The maximum absolute atomic E-state index is 11.8. The fourth-order valence-corrected chi connectivity index (χ4v) is 0.768. The van der Waals surface area contributed by atoms with Crippen molar-refractivity contribution in [2.75, 3.05) is 0 Å². The van der Waals surface area contributed by atoms with Crippen molar-refractivity contribution < 1.29 is 22.8 Å². The number of nitrogens with zero attached hydrogens (tertiary/aromatic N) is 2. The summed E-state index contributed by atoms with van der Waals surface area (Å²) in [4.78, 5) is 28.4. The molecular formula is C8H5F3N2O2. The fraction of sp³-hybridized carbons (Fsp3) is 0.250. The van der Waals surface area contributed by atoms with Gasteiger partial charge < -0.3 is 0 Å². The number of carbonyl (C=O) groups is 2. The Bertz CT molecular complexity index is 375. The molecule has 0 amide bonds. The van der Waals surface area contributed by atoms with Crippen molar-refractivity contribution in [3.05, 3.63) is 24.3 Å². The Labute approximate surface area is 82.2 Å². The number of aromatic nitrogens is 2. The maximum atomic E-state index is 11.8. The molecule has 1 heterocycles. The number of Topliss-reactive ketones (excluding diaryl/α,β-unsaturated/α-hetero) is 2. The third-order valence-corrected chi connectivity index (χ3v) is 1.45. The van der Waals surface area contributed by atoms with Crippen molar-refractivity contribution in [3.63, 3.8) is 0 Å². The minimum Gasteiger partial charge on any atom is -0.290 e. The second-order valence-electron chi connectivity index (χ2n) is 2.59. The van der Waals surface area contributed by atoms with Crippen molar-refractivity contribution in [3.8, 4) is 0 Å². The summed E-state index contributed by atoms with van der Waals surface area (Å²) in [6, 6.07) is 1.41. The van der Waals surface area contributed by atoms with Gasteiger partial charge in [-0.2, -0.15) is 13.2 Å². The smallest absolute Gasteiger partial charge is 0.290 e. The van der Waals surface area contributed by atoms with Crippen LogP contribution in [0.3, 0.4) is 0 Å². The molecule has 0 radical (unpaired) electrons. The first-order valence-electron chi connectivity index (χ1n) is 3.81. The van der Waals surface area contributed by atoms with Crippen LogP contribution in [-0.4, -0.2) is 27.7 Å². The summed E-state index contributed by atoms with van der Waals surface area (Å²) in [5.41, 5.74) is 0. The molecule has 15 heavy (non-hydrogen) atoms. The zero-order valence-electron chi connectivity index (χ0n) is 7.28. The van der Waals surface area contributed by atoms with Crippen molar-refractivity contribution in [2.24, 2.45) is 0 Å². The lowest BCUT2D eigenvalue weighted by molar-refractivity contribution is -0.170. The first kappa shape index (κ1) is 11.3. The Morgan fingerprint density at radius 2 is 1.73 bits per heavy atom. The van der Waals surface area contributed by atoms with E-state index < -0.39 is 30.0 Å². The molecule has 0 aromatic carbocycles. The minimum atomic E-state index is -5.00. The van der Waals surface area contributed by atoms with Crippen LogP contribution >= 0.6 is 0 Å². The molecular weight excluding hydrogens is 213 g/mol. The minimum absolute atomic E-state index is 0.393.